The maximum atomic E-state index is 13.8. The Morgan fingerprint density at radius 2 is 2.00 bits per heavy atom. The summed E-state index contributed by atoms with van der Waals surface area (Å²) in [5, 5.41) is 2.07. The van der Waals surface area contributed by atoms with Gasteiger partial charge in [-0.25, -0.2) is 8.78 Å². The van der Waals surface area contributed by atoms with Crippen LogP contribution in [0.15, 0.2) is 47.4 Å². The molecule has 1 aliphatic rings. The van der Waals surface area contributed by atoms with Crippen molar-refractivity contribution in [3.63, 3.8) is 0 Å². The number of thioether (sulfide) groups is 1. The fraction of sp³-hybridized carbons (Fsp3) is 0.176. The minimum atomic E-state index is -0.712. The Bertz CT molecular complexity index is 813. The van der Waals surface area contributed by atoms with Gasteiger partial charge in [0.15, 0.2) is 0 Å². The minimum absolute atomic E-state index is 0.0906. The van der Waals surface area contributed by atoms with E-state index in [1.807, 2.05) is 0 Å². The Kier molecular flexibility index (Phi) is 4.53. The topological polar surface area (TPSA) is 49.4 Å². The van der Waals surface area contributed by atoms with E-state index in [1.165, 1.54) is 11.0 Å². The van der Waals surface area contributed by atoms with Crippen LogP contribution in [0.25, 0.3) is 0 Å². The highest BCUT2D eigenvalue weighted by atomic mass is 32.2. The molecule has 0 fully saturated rings. The number of fused-ring (bicyclic) bond motifs is 1. The van der Waals surface area contributed by atoms with Crippen LogP contribution in [0.2, 0.25) is 0 Å². The fourth-order valence-electron chi connectivity index (χ4n) is 2.46. The highest BCUT2D eigenvalue weighted by Gasteiger charge is 2.30. The lowest BCUT2D eigenvalue weighted by Gasteiger charge is -2.30. The van der Waals surface area contributed by atoms with E-state index < -0.39 is 16.9 Å². The molecule has 0 spiro atoms. The van der Waals surface area contributed by atoms with E-state index in [4.69, 9.17) is 0 Å². The van der Waals surface area contributed by atoms with Crippen LogP contribution in [0.5, 0.6) is 0 Å². The first-order chi connectivity index (χ1) is 11.5. The van der Waals surface area contributed by atoms with Crippen LogP contribution >= 0.6 is 11.8 Å². The van der Waals surface area contributed by atoms with Crippen LogP contribution in [0.3, 0.4) is 0 Å². The number of rotatable bonds is 3. The lowest BCUT2D eigenvalue weighted by molar-refractivity contribution is -0.121. The average molecular weight is 348 g/mol. The Morgan fingerprint density at radius 1 is 1.25 bits per heavy atom. The van der Waals surface area contributed by atoms with Crippen molar-refractivity contribution in [1.29, 1.82) is 0 Å². The quantitative estimate of drug-likeness (QED) is 0.865. The molecule has 1 aliphatic heterocycles. The van der Waals surface area contributed by atoms with Crippen LogP contribution < -0.4 is 10.2 Å². The van der Waals surface area contributed by atoms with Crippen molar-refractivity contribution in [2.45, 2.75) is 17.1 Å². The summed E-state index contributed by atoms with van der Waals surface area (Å²) >= 11 is 0.992. The molecule has 3 rings (SSSR count). The number of para-hydroxylation sites is 2. The molecule has 0 aromatic heterocycles. The molecule has 0 unspecified atom stereocenters. The normalized spacial score (nSPS) is 14.8. The molecule has 0 bridgehead atoms. The van der Waals surface area contributed by atoms with Gasteiger partial charge in [-0.15, -0.1) is 11.8 Å². The van der Waals surface area contributed by atoms with Gasteiger partial charge >= 0.3 is 0 Å². The molecule has 0 saturated carbocycles. The van der Waals surface area contributed by atoms with Crippen molar-refractivity contribution in [3.8, 4) is 0 Å². The maximum absolute atomic E-state index is 13.8. The molecule has 2 amide bonds. The molecule has 0 radical (unpaired) electrons. The monoisotopic (exact) mass is 348 g/mol. The molecule has 1 atom stereocenters. The Hall–Kier alpha value is -2.41. The zero-order chi connectivity index (χ0) is 17.3. The lowest BCUT2D eigenvalue weighted by atomic mass is 10.2. The molecular formula is C17H14F2N2O2S. The van der Waals surface area contributed by atoms with E-state index in [0.29, 0.717) is 11.4 Å². The van der Waals surface area contributed by atoms with Gasteiger partial charge in [0.1, 0.15) is 18.2 Å². The van der Waals surface area contributed by atoms with Gasteiger partial charge in [0.05, 0.1) is 16.6 Å². The number of hydrogen-bond donors (Lipinski definition) is 1. The van der Waals surface area contributed by atoms with Gasteiger partial charge in [-0.3, -0.25) is 14.5 Å². The Labute approximate surface area is 141 Å². The molecule has 2 aromatic rings. The number of benzene rings is 2. The summed E-state index contributed by atoms with van der Waals surface area (Å²) in [6.45, 7) is 1.54. The SMILES string of the molecule is C[C@@H](Sc1ccc(F)cc1F)C(=O)N1CC(=O)Nc2ccccc21. The molecule has 4 nitrogen and oxygen atoms in total. The molecule has 1 N–H and O–H groups in total. The van der Waals surface area contributed by atoms with Gasteiger partial charge < -0.3 is 5.32 Å². The third-order valence-corrected chi connectivity index (χ3v) is 4.72. The highest BCUT2D eigenvalue weighted by Crippen LogP contribution is 2.33. The van der Waals surface area contributed by atoms with E-state index in [0.717, 1.165) is 23.9 Å². The van der Waals surface area contributed by atoms with E-state index in [2.05, 4.69) is 5.32 Å². The fourth-order valence-corrected chi connectivity index (χ4v) is 3.39. The Balaban J connectivity index is 1.82. The predicted octanol–water partition coefficient (Wildman–Crippen LogP) is 3.43. The predicted molar refractivity (Wildman–Crippen MR) is 89.1 cm³/mol. The summed E-state index contributed by atoms with van der Waals surface area (Å²) < 4.78 is 26.7. The summed E-state index contributed by atoms with van der Waals surface area (Å²) in [5.41, 5.74) is 1.17. The van der Waals surface area contributed by atoms with Crippen molar-refractivity contribution in [2.24, 2.45) is 0 Å². The van der Waals surface area contributed by atoms with E-state index in [9.17, 15) is 18.4 Å². The van der Waals surface area contributed by atoms with Gasteiger partial charge in [-0.1, -0.05) is 12.1 Å². The zero-order valence-electron chi connectivity index (χ0n) is 12.8. The van der Waals surface area contributed by atoms with Gasteiger partial charge in [-0.05, 0) is 31.2 Å². The van der Waals surface area contributed by atoms with Crippen LogP contribution in [0, 0.1) is 11.6 Å². The minimum Gasteiger partial charge on any atom is -0.323 e. The van der Waals surface area contributed by atoms with E-state index in [-0.39, 0.29) is 23.3 Å². The van der Waals surface area contributed by atoms with Crippen LogP contribution in [-0.4, -0.2) is 23.6 Å². The second kappa shape index (κ2) is 6.60. The van der Waals surface area contributed by atoms with Crippen molar-refractivity contribution >= 4 is 35.0 Å². The number of nitrogens with one attached hydrogen (secondary N) is 1. The van der Waals surface area contributed by atoms with Gasteiger partial charge in [0.25, 0.3) is 0 Å². The smallest absolute Gasteiger partial charge is 0.244 e. The maximum Gasteiger partial charge on any atom is 0.244 e. The van der Waals surface area contributed by atoms with Crippen molar-refractivity contribution in [1.82, 2.24) is 0 Å². The second-order valence-electron chi connectivity index (χ2n) is 5.32. The molecule has 0 saturated heterocycles. The molecule has 7 heteroatoms. The largest absolute Gasteiger partial charge is 0.323 e. The lowest BCUT2D eigenvalue weighted by Crippen LogP contribution is -2.45. The highest BCUT2D eigenvalue weighted by molar-refractivity contribution is 8.00. The summed E-state index contributed by atoms with van der Waals surface area (Å²) in [4.78, 5) is 26.1. The second-order valence-corrected chi connectivity index (χ2v) is 6.71. The number of amides is 2. The zero-order valence-corrected chi connectivity index (χ0v) is 13.6. The number of carbonyl (C=O) groups excluding carboxylic acids is 2. The van der Waals surface area contributed by atoms with Crippen LogP contribution in [0.4, 0.5) is 20.2 Å². The van der Waals surface area contributed by atoms with Gasteiger partial charge in [0.2, 0.25) is 11.8 Å². The standard InChI is InChI=1S/C17H14F2N2O2S/c1-10(24-15-7-6-11(18)8-12(15)19)17(23)21-9-16(22)20-13-4-2-3-5-14(13)21/h2-8,10H,9H2,1H3,(H,20,22)/t10-/m1/s1. The summed E-state index contributed by atoms with van der Waals surface area (Å²) in [5.74, 6) is -1.98. The van der Waals surface area contributed by atoms with Crippen LogP contribution in [0.1, 0.15) is 6.92 Å². The molecule has 124 valence electrons. The van der Waals surface area contributed by atoms with Crippen LogP contribution in [-0.2, 0) is 9.59 Å². The van der Waals surface area contributed by atoms with Crippen molar-refractivity contribution < 1.29 is 18.4 Å². The van der Waals surface area contributed by atoms with Gasteiger partial charge in [0, 0.05) is 11.0 Å². The van der Waals surface area contributed by atoms with Gasteiger partial charge in [-0.2, -0.15) is 0 Å². The number of nitrogens with zero attached hydrogens (tertiary/aromatic N) is 1. The summed E-state index contributed by atoms with van der Waals surface area (Å²) in [7, 11) is 0. The number of halogens is 2. The third kappa shape index (κ3) is 3.26. The van der Waals surface area contributed by atoms with E-state index >= 15 is 0 Å². The number of carbonyl (C=O) groups is 2. The molecule has 1 heterocycles. The first kappa shape index (κ1) is 16.4. The van der Waals surface area contributed by atoms with Crippen molar-refractivity contribution in [2.75, 3.05) is 16.8 Å². The number of hydrogen-bond acceptors (Lipinski definition) is 3. The number of anilines is 2. The van der Waals surface area contributed by atoms with Crippen molar-refractivity contribution in [3.05, 3.63) is 54.1 Å². The molecule has 0 aliphatic carbocycles. The molecule has 2 aromatic carbocycles. The molecule has 24 heavy (non-hydrogen) atoms. The first-order valence-electron chi connectivity index (χ1n) is 7.27. The average Bonchev–Trinajstić information content (AvgIpc) is 2.55. The van der Waals surface area contributed by atoms with E-state index in [1.54, 1.807) is 31.2 Å². The molecular weight excluding hydrogens is 334 g/mol. The summed E-state index contributed by atoms with van der Waals surface area (Å²) in [6.07, 6.45) is 0. The Morgan fingerprint density at radius 3 is 2.75 bits per heavy atom. The first-order valence-corrected chi connectivity index (χ1v) is 8.15. The third-order valence-electron chi connectivity index (χ3n) is 3.58. The summed E-state index contributed by atoms with van der Waals surface area (Å²) in [6, 6.07) is 10.2.